The lowest BCUT2D eigenvalue weighted by Crippen LogP contribution is -2.41. The van der Waals surface area contributed by atoms with Crippen molar-refractivity contribution < 1.29 is 23.3 Å². The van der Waals surface area contributed by atoms with Crippen LogP contribution in [0.2, 0.25) is 0 Å². The summed E-state index contributed by atoms with van der Waals surface area (Å²) in [6.07, 6.45) is 7.01. The number of ether oxygens (including phenoxy) is 2. The van der Waals surface area contributed by atoms with Crippen LogP contribution in [-0.4, -0.2) is 52.4 Å². The van der Waals surface area contributed by atoms with E-state index >= 15 is 0 Å². The third-order valence-electron chi connectivity index (χ3n) is 9.16. The van der Waals surface area contributed by atoms with Crippen LogP contribution in [0.1, 0.15) is 70.3 Å². The molecular formula is C41H50N4O5S. The van der Waals surface area contributed by atoms with Crippen LogP contribution >= 0.6 is 0 Å². The van der Waals surface area contributed by atoms with Crippen molar-refractivity contribution in [3.8, 4) is 16.9 Å². The molecule has 10 heteroatoms. The molecule has 5 rings (SSSR count). The number of nitrogens with zero attached hydrogens (tertiary/aromatic N) is 3. The van der Waals surface area contributed by atoms with Gasteiger partial charge in [0.15, 0.2) is 0 Å². The summed E-state index contributed by atoms with van der Waals surface area (Å²) in [7, 11) is 0.152. The van der Waals surface area contributed by atoms with Crippen LogP contribution in [0, 0.1) is 12.3 Å². The molecule has 0 aliphatic carbocycles. The molecule has 0 fully saturated rings. The summed E-state index contributed by atoms with van der Waals surface area (Å²) in [5, 5.41) is 3.06. The number of amides is 1. The van der Waals surface area contributed by atoms with Gasteiger partial charge in [0.05, 0.1) is 47.7 Å². The lowest BCUT2D eigenvalue weighted by molar-refractivity contribution is -0.150. The molecule has 1 amide bonds. The Kier molecular flexibility index (Phi) is 12.5. The van der Waals surface area contributed by atoms with E-state index in [0.717, 1.165) is 65.3 Å². The van der Waals surface area contributed by atoms with Crippen LogP contribution < -0.4 is 15.0 Å². The number of hydrogen-bond acceptors (Lipinski definition) is 7. The highest BCUT2D eigenvalue weighted by molar-refractivity contribution is 7.84. The quantitative estimate of drug-likeness (QED) is 0.132. The maximum Gasteiger partial charge on any atom is 0.313 e. The third-order valence-corrected chi connectivity index (χ3v) is 10.5. The van der Waals surface area contributed by atoms with Crippen LogP contribution in [-0.2, 0) is 37.4 Å². The second-order valence-corrected chi connectivity index (χ2v) is 15.1. The first-order chi connectivity index (χ1) is 24.5. The van der Waals surface area contributed by atoms with Gasteiger partial charge < -0.3 is 24.3 Å². The van der Waals surface area contributed by atoms with E-state index in [1.165, 1.54) is 7.11 Å². The number of fused-ring (bicyclic) bond motifs is 1. The van der Waals surface area contributed by atoms with Crippen molar-refractivity contribution in [3.05, 3.63) is 95.6 Å². The minimum atomic E-state index is -1.27. The molecule has 270 valence electrons. The molecule has 9 nitrogen and oxygen atoms in total. The number of hydrogen-bond donors (Lipinski definition) is 1. The molecule has 0 radical (unpaired) electrons. The summed E-state index contributed by atoms with van der Waals surface area (Å²) in [6, 6.07) is 21.5. The van der Waals surface area contributed by atoms with Crippen LogP contribution in [0.25, 0.3) is 17.2 Å². The Morgan fingerprint density at radius 2 is 1.71 bits per heavy atom. The summed E-state index contributed by atoms with van der Waals surface area (Å²) in [6.45, 7) is 12.7. The van der Waals surface area contributed by atoms with Gasteiger partial charge in [-0.05, 0) is 118 Å². The second kappa shape index (κ2) is 17.0. The van der Waals surface area contributed by atoms with E-state index in [9.17, 15) is 13.8 Å². The molecule has 3 aromatic carbocycles. The van der Waals surface area contributed by atoms with Crippen LogP contribution in [0.4, 0.5) is 11.4 Å². The van der Waals surface area contributed by atoms with Crippen molar-refractivity contribution in [3.63, 3.8) is 0 Å². The van der Waals surface area contributed by atoms with E-state index in [0.29, 0.717) is 48.0 Å². The third kappa shape index (κ3) is 9.35. The normalized spacial score (nSPS) is 13.8. The average Bonchev–Trinajstić information content (AvgIpc) is 3.46. The minimum absolute atomic E-state index is 0.182. The summed E-state index contributed by atoms with van der Waals surface area (Å²) in [5.74, 6) is 0.720. The van der Waals surface area contributed by atoms with Crippen molar-refractivity contribution in [2.24, 2.45) is 5.41 Å². The molecular weight excluding hydrogens is 661 g/mol. The Labute approximate surface area is 304 Å². The number of aryl methyl sites for hydroxylation is 1. The zero-order chi connectivity index (χ0) is 36.5. The number of imidazole rings is 1. The highest BCUT2D eigenvalue weighted by Gasteiger charge is 2.32. The Morgan fingerprint density at radius 1 is 0.980 bits per heavy atom. The summed E-state index contributed by atoms with van der Waals surface area (Å²) in [4.78, 5) is 33.8. The molecule has 1 N–H and O–H groups in total. The van der Waals surface area contributed by atoms with Crippen molar-refractivity contribution in [2.75, 3.05) is 37.0 Å². The number of nitrogens with one attached hydrogen (secondary N) is 1. The van der Waals surface area contributed by atoms with Crippen molar-refractivity contribution >= 4 is 40.1 Å². The molecule has 1 atom stereocenters. The van der Waals surface area contributed by atoms with Gasteiger partial charge in [0.2, 0.25) is 0 Å². The zero-order valence-electron chi connectivity index (χ0n) is 30.7. The fourth-order valence-electron chi connectivity index (χ4n) is 6.31. The van der Waals surface area contributed by atoms with E-state index < -0.39 is 16.2 Å². The predicted octanol–water partition coefficient (Wildman–Crippen LogP) is 8.19. The topological polar surface area (TPSA) is 103 Å². The van der Waals surface area contributed by atoms with Gasteiger partial charge in [-0.2, -0.15) is 0 Å². The number of anilines is 2. The summed E-state index contributed by atoms with van der Waals surface area (Å²) < 4.78 is 26.2. The number of carbonyl (C=O) groups excluding carboxylic acids is 2. The SMILES string of the molecule is CCCOc1ccc(-c2ccc3c(c2)C=C(C(=O)Nc2ccc(S(=O)Cc4ncn(CCC)c4C)cc2)CCCN3CC(C)(C)C(=O)OC)cc1. The monoisotopic (exact) mass is 710 g/mol. The number of carbonyl (C=O) groups is 2. The van der Waals surface area contributed by atoms with E-state index in [-0.39, 0.29) is 11.9 Å². The number of rotatable bonds is 14. The average molecular weight is 711 g/mol. The standard InChI is InChI=1S/C41H50N4O5S/c1-7-21-45-28-42-37(29(45)3)26-51(48)36-18-14-34(15-19-36)43-39(46)32-10-9-22-44(27-41(4,5)40(47)49-6)38-20-13-31(24-33(38)25-32)30-11-16-35(17-12-30)50-23-8-2/h11-20,24-25,28H,7-10,21-23,26-27H2,1-6H3,(H,43,46). The molecule has 0 saturated heterocycles. The second-order valence-electron chi connectivity index (χ2n) is 13.7. The van der Waals surface area contributed by atoms with Gasteiger partial charge in [0.25, 0.3) is 5.91 Å². The largest absolute Gasteiger partial charge is 0.494 e. The van der Waals surface area contributed by atoms with Crippen molar-refractivity contribution in [2.45, 2.75) is 77.5 Å². The number of aromatic nitrogens is 2. The maximum absolute atomic E-state index is 13.8. The molecule has 0 spiro atoms. The Morgan fingerprint density at radius 3 is 2.39 bits per heavy atom. The molecule has 2 heterocycles. The lowest BCUT2D eigenvalue weighted by Gasteiger charge is -2.34. The highest BCUT2D eigenvalue weighted by atomic mass is 32.2. The first-order valence-electron chi connectivity index (χ1n) is 17.7. The first-order valence-corrected chi connectivity index (χ1v) is 19.1. The zero-order valence-corrected chi connectivity index (χ0v) is 31.5. The molecule has 1 unspecified atom stereocenters. The smallest absolute Gasteiger partial charge is 0.313 e. The maximum atomic E-state index is 13.8. The highest BCUT2D eigenvalue weighted by Crippen LogP contribution is 2.35. The van der Waals surface area contributed by atoms with Gasteiger partial charge in [-0.25, -0.2) is 4.98 Å². The van der Waals surface area contributed by atoms with Gasteiger partial charge in [-0.3, -0.25) is 13.8 Å². The molecule has 4 aromatic rings. The van der Waals surface area contributed by atoms with Crippen LogP contribution in [0.15, 0.2) is 83.5 Å². The Bertz CT molecular complexity index is 1880. The van der Waals surface area contributed by atoms with Crippen LogP contribution in [0.5, 0.6) is 5.75 Å². The molecule has 0 saturated carbocycles. The Balaban J connectivity index is 1.38. The van der Waals surface area contributed by atoms with Gasteiger partial charge in [-0.1, -0.05) is 32.0 Å². The van der Waals surface area contributed by atoms with Crippen molar-refractivity contribution in [1.82, 2.24) is 9.55 Å². The van der Waals surface area contributed by atoms with Gasteiger partial charge in [-0.15, -0.1) is 0 Å². The van der Waals surface area contributed by atoms with E-state index in [4.69, 9.17) is 9.47 Å². The first kappa shape index (κ1) is 37.6. The number of benzene rings is 3. The Hall–Kier alpha value is -4.70. The molecule has 1 aliphatic heterocycles. The molecule has 1 aliphatic rings. The summed E-state index contributed by atoms with van der Waals surface area (Å²) in [5.41, 5.74) is 6.33. The van der Waals surface area contributed by atoms with Gasteiger partial charge in [0, 0.05) is 47.2 Å². The fourth-order valence-corrected chi connectivity index (χ4v) is 7.44. The van der Waals surface area contributed by atoms with Crippen molar-refractivity contribution in [1.29, 1.82) is 0 Å². The summed E-state index contributed by atoms with van der Waals surface area (Å²) >= 11 is 0. The lowest BCUT2D eigenvalue weighted by atomic mass is 9.90. The fraction of sp³-hybridized carbons (Fsp3) is 0.390. The van der Waals surface area contributed by atoms with E-state index in [1.54, 1.807) is 24.3 Å². The molecule has 51 heavy (non-hydrogen) atoms. The molecule has 1 aromatic heterocycles. The van der Waals surface area contributed by atoms with Crippen LogP contribution in [0.3, 0.4) is 0 Å². The van der Waals surface area contributed by atoms with Gasteiger partial charge in [0.1, 0.15) is 5.75 Å². The van der Waals surface area contributed by atoms with Gasteiger partial charge >= 0.3 is 5.97 Å². The minimum Gasteiger partial charge on any atom is -0.494 e. The molecule has 0 bridgehead atoms. The number of methoxy groups -OCH3 is 1. The van der Waals surface area contributed by atoms with E-state index in [2.05, 4.69) is 51.8 Å². The predicted molar refractivity (Wildman–Crippen MR) is 205 cm³/mol. The number of esters is 1. The van der Waals surface area contributed by atoms with E-state index in [1.807, 2.05) is 57.4 Å².